The summed E-state index contributed by atoms with van der Waals surface area (Å²) < 4.78 is 32.3. The summed E-state index contributed by atoms with van der Waals surface area (Å²) in [7, 11) is -2.10. The molecular formula is C20H25ClN4O4S. The van der Waals surface area contributed by atoms with E-state index in [2.05, 4.69) is 15.6 Å². The van der Waals surface area contributed by atoms with E-state index in [0.29, 0.717) is 24.7 Å². The summed E-state index contributed by atoms with van der Waals surface area (Å²) in [4.78, 5) is 16.8. The number of anilines is 2. The second kappa shape index (κ2) is 9.63. The molecule has 1 aromatic carbocycles. The molecular weight excluding hydrogens is 428 g/mol. The second-order valence-electron chi connectivity index (χ2n) is 7.05. The molecule has 0 unspecified atom stereocenters. The van der Waals surface area contributed by atoms with Crippen LogP contribution in [0.5, 0.6) is 5.88 Å². The number of ether oxygens (including phenoxy) is 1. The molecule has 1 aliphatic rings. The van der Waals surface area contributed by atoms with Crippen molar-refractivity contribution in [3.63, 3.8) is 0 Å². The van der Waals surface area contributed by atoms with Crippen molar-refractivity contribution in [1.29, 1.82) is 0 Å². The highest BCUT2D eigenvalue weighted by Gasteiger charge is 2.27. The average molecular weight is 453 g/mol. The monoisotopic (exact) mass is 452 g/mol. The molecule has 1 saturated heterocycles. The van der Waals surface area contributed by atoms with Gasteiger partial charge in [0.2, 0.25) is 21.8 Å². The number of rotatable bonds is 7. The molecule has 10 heteroatoms. The van der Waals surface area contributed by atoms with Crippen LogP contribution in [0.2, 0.25) is 5.02 Å². The van der Waals surface area contributed by atoms with Crippen molar-refractivity contribution >= 4 is 38.9 Å². The fraction of sp³-hybridized carbons (Fsp3) is 0.400. The number of piperidine rings is 1. The number of nitrogens with one attached hydrogen (secondary N) is 2. The van der Waals surface area contributed by atoms with Crippen LogP contribution in [-0.4, -0.2) is 49.9 Å². The third-order valence-electron chi connectivity index (χ3n) is 4.87. The fourth-order valence-electron chi connectivity index (χ4n) is 3.16. The number of hydrogen-bond donors (Lipinski definition) is 2. The zero-order chi connectivity index (χ0) is 21.7. The Morgan fingerprint density at radius 2 is 1.93 bits per heavy atom. The summed E-state index contributed by atoms with van der Waals surface area (Å²) in [5.41, 5.74) is 0.896. The summed E-state index contributed by atoms with van der Waals surface area (Å²) >= 11 is 6.21. The van der Waals surface area contributed by atoms with Crippen molar-refractivity contribution in [3.05, 3.63) is 41.6 Å². The zero-order valence-electron chi connectivity index (χ0n) is 16.9. The first-order chi connectivity index (χ1) is 14.3. The van der Waals surface area contributed by atoms with Crippen LogP contribution in [0.3, 0.4) is 0 Å². The van der Waals surface area contributed by atoms with Crippen LogP contribution in [0, 0.1) is 0 Å². The van der Waals surface area contributed by atoms with E-state index in [-0.39, 0.29) is 21.5 Å². The van der Waals surface area contributed by atoms with Crippen molar-refractivity contribution < 1.29 is 17.9 Å². The Bertz CT molecular complexity index is 992. The van der Waals surface area contributed by atoms with Gasteiger partial charge >= 0.3 is 0 Å². The Labute approximate surface area is 181 Å². The maximum absolute atomic E-state index is 12.9. The quantitative estimate of drug-likeness (QED) is 0.668. The number of benzene rings is 1. The van der Waals surface area contributed by atoms with Gasteiger partial charge in [0.05, 0.1) is 34.6 Å². The van der Waals surface area contributed by atoms with Crippen molar-refractivity contribution in [2.24, 2.45) is 0 Å². The summed E-state index contributed by atoms with van der Waals surface area (Å²) in [6.45, 7) is 2.69. The molecule has 0 spiro atoms. The number of carbonyl (C=O) groups is 1. The minimum absolute atomic E-state index is 0.115. The summed E-state index contributed by atoms with van der Waals surface area (Å²) in [5.74, 6) is 0.108. The van der Waals surface area contributed by atoms with Gasteiger partial charge in [-0.1, -0.05) is 18.0 Å². The minimum Gasteiger partial charge on any atom is -0.481 e. The van der Waals surface area contributed by atoms with Gasteiger partial charge in [0, 0.05) is 19.2 Å². The van der Waals surface area contributed by atoms with E-state index in [0.717, 1.165) is 19.3 Å². The molecule has 1 fully saturated rings. The number of halogens is 1. The van der Waals surface area contributed by atoms with Gasteiger partial charge in [0.1, 0.15) is 6.04 Å². The number of hydrogen-bond acceptors (Lipinski definition) is 6. The Hall–Kier alpha value is -2.36. The molecule has 8 nitrogen and oxygen atoms in total. The molecule has 1 aromatic heterocycles. The zero-order valence-corrected chi connectivity index (χ0v) is 18.5. The van der Waals surface area contributed by atoms with E-state index in [1.165, 1.54) is 29.6 Å². The van der Waals surface area contributed by atoms with E-state index >= 15 is 0 Å². The lowest BCUT2D eigenvalue weighted by molar-refractivity contribution is -0.116. The van der Waals surface area contributed by atoms with Crippen LogP contribution in [0.1, 0.15) is 26.2 Å². The number of methoxy groups -OCH3 is 1. The Kier molecular flexibility index (Phi) is 7.17. The topological polar surface area (TPSA) is 101 Å². The normalized spacial score (nSPS) is 16.0. The van der Waals surface area contributed by atoms with Crippen molar-refractivity contribution in [2.45, 2.75) is 37.1 Å². The third kappa shape index (κ3) is 5.21. The Morgan fingerprint density at radius 1 is 1.20 bits per heavy atom. The van der Waals surface area contributed by atoms with Gasteiger partial charge in [-0.05, 0) is 44.0 Å². The molecule has 1 amide bonds. The minimum atomic E-state index is -3.62. The lowest BCUT2D eigenvalue weighted by Gasteiger charge is -2.26. The van der Waals surface area contributed by atoms with Crippen LogP contribution < -0.4 is 15.4 Å². The SMILES string of the molecule is COc1ccc(N[C@H](C)C(=O)Nc2cc(S(=O)(=O)N3CCCCC3)ccc2Cl)cn1. The Balaban J connectivity index is 1.72. The number of pyridine rings is 1. The van der Waals surface area contributed by atoms with Crippen molar-refractivity contribution in [2.75, 3.05) is 30.8 Å². The lowest BCUT2D eigenvalue weighted by atomic mass is 10.2. The van der Waals surface area contributed by atoms with E-state index in [1.807, 2.05) is 0 Å². The molecule has 0 bridgehead atoms. The molecule has 162 valence electrons. The van der Waals surface area contributed by atoms with Crippen LogP contribution in [-0.2, 0) is 14.8 Å². The standard InChI is InChI=1S/C20H25ClN4O4S/c1-14(23-15-6-9-19(29-2)22-13-15)20(26)24-18-12-16(7-8-17(18)21)30(27,28)25-10-4-3-5-11-25/h6-9,12-14,23H,3-5,10-11H2,1-2H3,(H,24,26)/t14-/m1/s1. The predicted octanol–water partition coefficient (Wildman–Crippen LogP) is 3.36. The summed E-state index contributed by atoms with van der Waals surface area (Å²) in [6.07, 6.45) is 4.28. The van der Waals surface area contributed by atoms with Crippen LogP contribution in [0.4, 0.5) is 11.4 Å². The van der Waals surface area contributed by atoms with Crippen molar-refractivity contribution in [1.82, 2.24) is 9.29 Å². The number of nitrogens with zero attached hydrogens (tertiary/aromatic N) is 2. The van der Waals surface area contributed by atoms with E-state index < -0.39 is 16.1 Å². The molecule has 2 heterocycles. The van der Waals surface area contributed by atoms with Crippen molar-refractivity contribution in [3.8, 4) is 5.88 Å². The van der Waals surface area contributed by atoms with Gasteiger partial charge < -0.3 is 15.4 Å². The highest BCUT2D eigenvalue weighted by atomic mass is 35.5. The molecule has 1 atom stereocenters. The number of sulfonamides is 1. The average Bonchev–Trinajstić information content (AvgIpc) is 2.76. The molecule has 30 heavy (non-hydrogen) atoms. The first-order valence-electron chi connectivity index (χ1n) is 9.68. The van der Waals surface area contributed by atoms with E-state index in [4.69, 9.17) is 16.3 Å². The molecule has 2 N–H and O–H groups in total. The smallest absolute Gasteiger partial charge is 0.246 e. The predicted molar refractivity (Wildman–Crippen MR) is 117 cm³/mol. The first kappa shape index (κ1) is 22.3. The van der Waals surface area contributed by atoms with Gasteiger partial charge in [-0.25, -0.2) is 13.4 Å². The van der Waals surface area contributed by atoms with Crippen LogP contribution in [0.15, 0.2) is 41.4 Å². The summed E-state index contributed by atoms with van der Waals surface area (Å²) in [5, 5.41) is 6.00. The van der Waals surface area contributed by atoms with Crippen LogP contribution in [0.25, 0.3) is 0 Å². The van der Waals surface area contributed by atoms with Gasteiger partial charge in [-0.15, -0.1) is 0 Å². The largest absolute Gasteiger partial charge is 0.481 e. The molecule has 2 aromatic rings. The van der Waals surface area contributed by atoms with E-state index in [9.17, 15) is 13.2 Å². The maximum Gasteiger partial charge on any atom is 0.246 e. The fourth-order valence-corrected chi connectivity index (χ4v) is 4.87. The molecule has 0 aliphatic carbocycles. The molecule has 0 radical (unpaired) electrons. The molecule has 0 saturated carbocycles. The highest BCUT2D eigenvalue weighted by Crippen LogP contribution is 2.28. The summed E-state index contributed by atoms with van der Waals surface area (Å²) in [6, 6.07) is 7.17. The number of aromatic nitrogens is 1. The van der Waals surface area contributed by atoms with Gasteiger partial charge in [0.15, 0.2) is 0 Å². The van der Waals surface area contributed by atoms with E-state index in [1.54, 1.807) is 25.3 Å². The first-order valence-corrected chi connectivity index (χ1v) is 11.5. The molecule has 1 aliphatic heterocycles. The third-order valence-corrected chi connectivity index (χ3v) is 7.09. The second-order valence-corrected chi connectivity index (χ2v) is 9.40. The van der Waals surface area contributed by atoms with Gasteiger partial charge in [-0.3, -0.25) is 4.79 Å². The highest BCUT2D eigenvalue weighted by molar-refractivity contribution is 7.89. The Morgan fingerprint density at radius 3 is 2.57 bits per heavy atom. The number of carbonyl (C=O) groups excluding carboxylic acids is 1. The number of amides is 1. The maximum atomic E-state index is 12.9. The lowest BCUT2D eigenvalue weighted by Crippen LogP contribution is -2.35. The van der Waals surface area contributed by atoms with Gasteiger partial charge in [0.25, 0.3) is 0 Å². The van der Waals surface area contributed by atoms with Crippen LogP contribution >= 0.6 is 11.6 Å². The molecule has 3 rings (SSSR count). The van der Waals surface area contributed by atoms with Gasteiger partial charge in [-0.2, -0.15) is 4.31 Å².